The number of ether oxygens (including phenoxy) is 1. The second kappa shape index (κ2) is 7.49. The Kier molecular flexibility index (Phi) is 5.83. The number of benzene rings is 1. The Balaban J connectivity index is 2.41. The van der Waals surface area contributed by atoms with Gasteiger partial charge in [0.15, 0.2) is 40.7 Å². The molecule has 0 saturated heterocycles. The predicted molar refractivity (Wildman–Crippen MR) is 72.6 cm³/mol. The SMILES string of the molecule is O=C(Cl)C1C=C(F)C(F)=C(F)C1(F)C(=O)OCc1c(F)c(F)c(F)c(F)c1F. The van der Waals surface area contributed by atoms with Crippen molar-refractivity contribution >= 4 is 22.8 Å². The van der Waals surface area contributed by atoms with Crippen LogP contribution in [0.1, 0.15) is 5.56 Å². The van der Waals surface area contributed by atoms with Crippen LogP contribution in [0.3, 0.4) is 0 Å². The molecule has 2 atom stereocenters. The summed E-state index contributed by atoms with van der Waals surface area (Å²) in [4.78, 5) is 23.0. The van der Waals surface area contributed by atoms with Crippen LogP contribution < -0.4 is 0 Å². The lowest BCUT2D eigenvalue weighted by molar-refractivity contribution is -0.162. The number of carbonyl (C=O) groups excluding carboxylic acids is 2. The first-order valence-corrected chi connectivity index (χ1v) is 7.22. The van der Waals surface area contributed by atoms with Crippen LogP contribution in [-0.2, 0) is 20.9 Å². The second-order valence-corrected chi connectivity index (χ2v) is 5.63. The Morgan fingerprint density at radius 3 is 1.86 bits per heavy atom. The normalized spacial score (nSPS) is 22.2. The van der Waals surface area contributed by atoms with Gasteiger partial charge >= 0.3 is 5.97 Å². The molecule has 2 rings (SSSR count). The van der Waals surface area contributed by atoms with Crippen molar-refractivity contribution in [2.24, 2.45) is 5.92 Å². The fourth-order valence-electron chi connectivity index (χ4n) is 2.19. The summed E-state index contributed by atoms with van der Waals surface area (Å²) in [7, 11) is 0. The lowest BCUT2D eigenvalue weighted by atomic mass is 9.84. The van der Waals surface area contributed by atoms with Crippen molar-refractivity contribution in [3.8, 4) is 0 Å². The third kappa shape index (κ3) is 3.25. The van der Waals surface area contributed by atoms with E-state index in [0.29, 0.717) is 0 Å². The molecule has 1 aliphatic rings. The quantitative estimate of drug-likeness (QED) is 0.228. The minimum Gasteiger partial charge on any atom is -0.458 e. The highest BCUT2D eigenvalue weighted by molar-refractivity contribution is 6.64. The molecule has 0 fully saturated rings. The molecule has 28 heavy (non-hydrogen) atoms. The summed E-state index contributed by atoms with van der Waals surface area (Å²) in [5, 5.41) is -1.88. The van der Waals surface area contributed by atoms with Gasteiger partial charge in [0.05, 0.1) is 5.56 Å². The third-order valence-corrected chi connectivity index (χ3v) is 3.89. The van der Waals surface area contributed by atoms with Gasteiger partial charge in [0.1, 0.15) is 12.5 Å². The number of hydrogen-bond donors (Lipinski definition) is 0. The van der Waals surface area contributed by atoms with Crippen molar-refractivity contribution in [1.82, 2.24) is 0 Å². The smallest absolute Gasteiger partial charge is 0.352 e. The van der Waals surface area contributed by atoms with Gasteiger partial charge in [0.2, 0.25) is 11.1 Å². The molecule has 13 heteroatoms. The zero-order valence-corrected chi connectivity index (χ0v) is 13.6. The van der Waals surface area contributed by atoms with E-state index in [0.717, 1.165) is 0 Å². The highest BCUT2D eigenvalue weighted by Crippen LogP contribution is 2.44. The van der Waals surface area contributed by atoms with Crippen LogP contribution in [-0.4, -0.2) is 16.9 Å². The second-order valence-electron chi connectivity index (χ2n) is 5.26. The van der Waals surface area contributed by atoms with Crippen LogP contribution in [0, 0.1) is 35.0 Å². The van der Waals surface area contributed by atoms with Crippen molar-refractivity contribution < 1.29 is 53.8 Å². The molecule has 0 amide bonds. The minimum atomic E-state index is -4.39. The van der Waals surface area contributed by atoms with E-state index < -0.39 is 81.5 Å². The number of hydrogen-bond acceptors (Lipinski definition) is 3. The summed E-state index contributed by atoms with van der Waals surface area (Å²) in [6, 6.07) is 0. The molecule has 2 unspecified atom stereocenters. The fraction of sp³-hybridized carbons (Fsp3) is 0.200. The first kappa shape index (κ1) is 21.8. The summed E-state index contributed by atoms with van der Waals surface area (Å²) < 4.78 is 125. The summed E-state index contributed by atoms with van der Waals surface area (Å²) in [6.45, 7) is -1.83. The molecule has 1 aromatic rings. The van der Waals surface area contributed by atoms with E-state index >= 15 is 0 Å². The van der Waals surface area contributed by atoms with E-state index in [1.54, 1.807) is 0 Å². The van der Waals surface area contributed by atoms with Gasteiger partial charge in [-0.1, -0.05) is 0 Å². The van der Waals surface area contributed by atoms with Crippen LogP contribution in [0.4, 0.5) is 39.5 Å². The van der Waals surface area contributed by atoms with Gasteiger partial charge < -0.3 is 4.74 Å². The molecule has 0 radical (unpaired) electrons. The van der Waals surface area contributed by atoms with E-state index in [4.69, 9.17) is 11.6 Å². The van der Waals surface area contributed by atoms with Crippen LogP contribution in [0.2, 0.25) is 0 Å². The first-order chi connectivity index (χ1) is 12.8. The number of halogens is 10. The Labute approximate surface area is 154 Å². The minimum absolute atomic E-state index is 0.187. The molecule has 0 N–H and O–H groups in total. The lowest BCUT2D eigenvalue weighted by Crippen LogP contribution is -2.47. The topological polar surface area (TPSA) is 43.4 Å². The molecule has 0 aromatic heterocycles. The summed E-state index contributed by atoms with van der Waals surface area (Å²) >= 11 is 4.92. The zero-order valence-electron chi connectivity index (χ0n) is 12.9. The van der Waals surface area contributed by atoms with Gasteiger partial charge in [-0.3, -0.25) is 4.79 Å². The maximum Gasteiger partial charge on any atom is 0.352 e. The summed E-state index contributed by atoms with van der Waals surface area (Å²) in [5.41, 5.74) is -6.13. The maximum atomic E-state index is 14.8. The molecule has 0 bridgehead atoms. The summed E-state index contributed by atoms with van der Waals surface area (Å²) in [5.74, 6) is -25.0. The number of alkyl halides is 1. The Bertz CT molecular complexity index is 914. The van der Waals surface area contributed by atoms with Crippen molar-refractivity contribution in [1.29, 1.82) is 0 Å². The van der Waals surface area contributed by atoms with Gasteiger partial charge in [-0.05, 0) is 17.7 Å². The highest BCUT2D eigenvalue weighted by Gasteiger charge is 2.58. The van der Waals surface area contributed by atoms with Gasteiger partial charge in [-0.25, -0.2) is 44.3 Å². The molecular formula is C15H4ClF9O3. The van der Waals surface area contributed by atoms with Crippen molar-refractivity contribution in [3.63, 3.8) is 0 Å². The molecule has 0 heterocycles. The Morgan fingerprint density at radius 1 is 0.929 bits per heavy atom. The van der Waals surface area contributed by atoms with Gasteiger partial charge in [0, 0.05) is 0 Å². The molecule has 1 aromatic carbocycles. The standard InChI is InChI=1S/C15H4ClF9O3/c16-13(26)4-1-5(17)8(20)12(24)15(4,25)14(27)28-2-3-6(18)9(21)11(23)10(22)7(3)19/h1,4H,2H2. The molecule has 1 aliphatic carbocycles. The van der Waals surface area contributed by atoms with Crippen molar-refractivity contribution in [2.45, 2.75) is 12.3 Å². The molecule has 0 saturated carbocycles. The average Bonchev–Trinajstić information content (AvgIpc) is 2.65. The van der Waals surface area contributed by atoms with Gasteiger partial charge in [-0.15, -0.1) is 0 Å². The van der Waals surface area contributed by atoms with E-state index in [-0.39, 0.29) is 6.08 Å². The number of allylic oxidation sites excluding steroid dienone is 3. The lowest BCUT2D eigenvalue weighted by Gasteiger charge is -2.29. The number of carbonyl (C=O) groups is 2. The van der Waals surface area contributed by atoms with E-state index in [9.17, 15) is 49.1 Å². The van der Waals surface area contributed by atoms with E-state index in [1.807, 2.05) is 0 Å². The van der Waals surface area contributed by atoms with Crippen molar-refractivity contribution in [3.05, 3.63) is 58.2 Å². The molecule has 0 spiro atoms. The maximum absolute atomic E-state index is 14.8. The van der Waals surface area contributed by atoms with E-state index in [2.05, 4.69) is 4.74 Å². The highest BCUT2D eigenvalue weighted by atomic mass is 35.5. The van der Waals surface area contributed by atoms with Crippen molar-refractivity contribution in [2.75, 3.05) is 0 Å². The predicted octanol–water partition coefficient (Wildman–Crippen LogP) is 4.53. The average molecular weight is 439 g/mol. The third-order valence-electron chi connectivity index (χ3n) is 3.65. The van der Waals surface area contributed by atoms with Crippen LogP contribution in [0.5, 0.6) is 0 Å². The van der Waals surface area contributed by atoms with Gasteiger partial charge in [0.25, 0.3) is 5.67 Å². The molecule has 152 valence electrons. The van der Waals surface area contributed by atoms with Crippen LogP contribution >= 0.6 is 11.6 Å². The molecule has 0 aliphatic heterocycles. The van der Waals surface area contributed by atoms with E-state index in [1.165, 1.54) is 0 Å². The first-order valence-electron chi connectivity index (χ1n) is 6.84. The monoisotopic (exact) mass is 438 g/mol. The summed E-state index contributed by atoms with van der Waals surface area (Å²) in [6.07, 6.45) is -0.187. The zero-order chi connectivity index (χ0) is 21.5. The molecular weight excluding hydrogens is 435 g/mol. The fourth-order valence-corrected chi connectivity index (χ4v) is 2.41. The Morgan fingerprint density at radius 2 is 1.39 bits per heavy atom. The van der Waals surface area contributed by atoms with Gasteiger partial charge in [-0.2, -0.15) is 0 Å². The largest absolute Gasteiger partial charge is 0.458 e. The Hall–Kier alpha value is -2.50. The van der Waals surface area contributed by atoms with Crippen LogP contribution in [0.25, 0.3) is 0 Å². The molecule has 3 nitrogen and oxygen atoms in total. The number of rotatable bonds is 4. The van der Waals surface area contributed by atoms with Crippen LogP contribution in [0.15, 0.2) is 23.6 Å². The number of esters is 1.